The van der Waals surface area contributed by atoms with E-state index in [1.54, 1.807) is 6.20 Å². The second-order valence-corrected chi connectivity index (χ2v) is 4.93. The van der Waals surface area contributed by atoms with Crippen molar-refractivity contribution in [1.82, 2.24) is 15.2 Å². The Bertz CT molecular complexity index is 633. The molecule has 0 unspecified atom stereocenters. The number of ketones is 1. The van der Waals surface area contributed by atoms with Gasteiger partial charge in [0.05, 0.1) is 13.1 Å². The molecule has 0 saturated carbocycles. The number of benzene rings is 1. The van der Waals surface area contributed by atoms with E-state index >= 15 is 0 Å². The molecule has 0 aliphatic heterocycles. The van der Waals surface area contributed by atoms with Crippen LogP contribution in [0.15, 0.2) is 30.5 Å². The zero-order valence-corrected chi connectivity index (χ0v) is 12.5. The van der Waals surface area contributed by atoms with Gasteiger partial charge in [0.2, 0.25) is 5.91 Å². The fourth-order valence-corrected chi connectivity index (χ4v) is 2.33. The summed E-state index contributed by atoms with van der Waals surface area (Å²) in [5, 5.41) is 3.68. The topological polar surface area (TPSA) is 65.2 Å². The summed E-state index contributed by atoms with van der Waals surface area (Å²) in [5.41, 5.74) is 1.63. The Labute approximate surface area is 124 Å². The van der Waals surface area contributed by atoms with E-state index in [1.165, 1.54) is 0 Å². The molecule has 1 heterocycles. The van der Waals surface area contributed by atoms with Crippen LogP contribution in [0.5, 0.6) is 0 Å². The van der Waals surface area contributed by atoms with Gasteiger partial charge in [-0.1, -0.05) is 25.1 Å². The third-order valence-corrected chi connectivity index (χ3v) is 3.45. The van der Waals surface area contributed by atoms with Crippen LogP contribution in [0.25, 0.3) is 10.9 Å². The first-order chi connectivity index (χ1) is 10.2. The SMILES string of the molecule is CCNC(=O)CN(CC)CC(=O)c1c[nH]c2ccccc12. The number of nitrogens with one attached hydrogen (secondary N) is 2. The van der Waals surface area contributed by atoms with Crippen LogP contribution in [0.4, 0.5) is 0 Å². The molecule has 21 heavy (non-hydrogen) atoms. The average molecular weight is 287 g/mol. The maximum absolute atomic E-state index is 12.4. The molecule has 2 N–H and O–H groups in total. The van der Waals surface area contributed by atoms with Crippen molar-refractivity contribution in [3.8, 4) is 0 Å². The molecular formula is C16H21N3O2. The molecule has 5 heteroatoms. The Kier molecular flexibility index (Phi) is 5.11. The molecule has 1 aromatic heterocycles. The van der Waals surface area contributed by atoms with Crippen molar-refractivity contribution in [2.45, 2.75) is 13.8 Å². The van der Waals surface area contributed by atoms with Gasteiger partial charge in [0.1, 0.15) is 0 Å². The van der Waals surface area contributed by atoms with Crippen molar-refractivity contribution in [1.29, 1.82) is 0 Å². The molecule has 0 aliphatic rings. The molecule has 0 bridgehead atoms. The van der Waals surface area contributed by atoms with Crippen molar-refractivity contribution in [3.05, 3.63) is 36.0 Å². The number of aromatic nitrogens is 1. The highest BCUT2D eigenvalue weighted by Crippen LogP contribution is 2.18. The molecule has 2 rings (SSSR count). The predicted octanol–water partition coefficient (Wildman–Crippen LogP) is 1.81. The van der Waals surface area contributed by atoms with Crippen molar-refractivity contribution >= 4 is 22.6 Å². The van der Waals surface area contributed by atoms with E-state index < -0.39 is 0 Å². The van der Waals surface area contributed by atoms with Crippen molar-refractivity contribution in [3.63, 3.8) is 0 Å². The molecule has 0 radical (unpaired) electrons. The summed E-state index contributed by atoms with van der Waals surface area (Å²) < 4.78 is 0. The highest BCUT2D eigenvalue weighted by molar-refractivity contribution is 6.08. The fraction of sp³-hybridized carbons (Fsp3) is 0.375. The second-order valence-electron chi connectivity index (χ2n) is 4.93. The van der Waals surface area contributed by atoms with Crippen LogP contribution in [0, 0.1) is 0 Å². The van der Waals surface area contributed by atoms with Gasteiger partial charge in [0.25, 0.3) is 0 Å². The molecule has 112 valence electrons. The molecule has 5 nitrogen and oxygen atoms in total. The number of para-hydroxylation sites is 1. The normalized spacial score (nSPS) is 11.0. The maximum Gasteiger partial charge on any atom is 0.234 e. The average Bonchev–Trinajstić information content (AvgIpc) is 2.90. The number of fused-ring (bicyclic) bond motifs is 1. The van der Waals surface area contributed by atoms with Gasteiger partial charge in [-0.15, -0.1) is 0 Å². The molecule has 0 aliphatic carbocycles. The standard InChI is InChI=1S/C16H21N3O2/c1-3-17-16(21)11-19(4-2)10-15(20)13-9-18-14-8-6-5-7-12(13)14/h5-9,18H,3-4,10-11H2,1-2H3,(H,17,21). The highest BCUT2D eigenvalue weighted by atomic mass is 16.2. The minimum Gasteiger partial charge on any atom is -0.360 e. The van der Waals surface area contributed by atoms with Crippen LogP contribution >= 0.6 is 0 Å². The lowest BCUT2D eigenvalue weighted by Gasteiger charge is -2.18. The first-order valence-corrected chi connectivity index (χ1v) is 7.24. The van der Waals surface area contributed by atoms with Crippen molar-refractivity contribution in [2.75, 3.05) is 26.2 Å². The number of carbonyl (C=O) groups is 2. The zero-order chi connectivity index (χ0) is 15.2. The van der Waals surface area contributed by atoms with E-state index in [0.717, 1.165) is 10.9 Å². The van der Waals surface area contributed by atoms with Gasteiger partial charge >= 0.3 is 0 Å². The number of nitrogens with zero attached hydrogens (tertiary/aromatic N) is 1. The Morgan fingerprint density at radius 3 is 2.67 bits per heavy atom. The monoisotopic (exact) mass is 287 g/mol. The Morgan fingerprint density at radius 1 is 1.19 bits per heavy atom. The molecule has 0 spiro atoms. The van der Waals surface area contributed by atoms with E-state index in [0.29, 0.717) is 18.7 Å². The minimum atomic E-state index is -0.0499. The maximum atomic E-state index is 12.4. The van der Waals surface area contributed by atoms with Gasteiger partial charge in [-0.05, 0) is 19.5 Å². The minimum absolute atomic E-state index is 0.0265. The summed E-state index contributed by atoms with van der Waals surface area (Å²) >= 11 is 0. The molecule has 1 aromatic carbocycles. The number of hydrogen-bond acceptors (Lipinski definition) is 3. The molecule has 0 saturated heterocycles. The van der Waals surface area contributed by atoms with Crippen molar-refractivity contribution in [2.24, 2.45) is 0 Å². The summed E-state index contributed by atoms with van der Waals surface area (Å²) in [7, 11) is 0. The van der Waals surface area contributed by atoms with Crippen LogP contribution < -0.4 is 5.32 Å². The van der Waals surface area contributed by atoms with E-state index in [2.05, 4.69) is 10.3 Å². The number of Topliss-reactive ketones (excluding diaryl/α,β-unsaturated/α-hetero) is 1. The van der Waals surface area contributed by atoms with Crippen LogP contribution in [0.2, 0.25) is 0 Å². The Morgan fingerprint density at radius 2 is 1.95 bits per heavy atom. The molecular weight excluding hydrogens is 266 g/mol. The lowest BCUT2D eigenvalue weighted by molar-refractivity contribution is -0.121. The van der Waals surface area contributed by atoms with Gasteiger partial charge in [-0.3, -0.25) is 14.5 Å². The van der Waals surface area contributed by atoms with Crippen LogP contribution in [0.1, 0.15) is 24.2 Å². The van der Waals surface area contributed by atoms with E-state index in [-0.39, 0.29) is 24.8 Å². The first kappa shape index (κ1) is 15.3. The third-order valence-electron chi connectivity index (χ3n) is 3.45. The van der Waals surface area contributed by atoms with Gasteiger partial charge < -0.3 is 10.3 Å². The number of H-pyrrole nitrogens is 1. The number of likely N-dealkylation sites (N-methyl/N-ethyl adjacent to an activating group) is 2. The number of amides is 1. The first-order valence-electron chi connectivity index (χ1n) is 7.24. The predicted molar refractivity (Wildman–Crippen MR) is 83.4 cm³/mol. The van der Waals surface area contributed by atoms with E-state index in [1.807, 2.05) is 43.0 Å². The smallest absolute Gasteiger partial charge is 0.234 e. The zero-order valence-electron chi connectivity index (χ0n) is 12.5. The molecule has 1 amide bonds. The van der Waals surface area contributed by atoms with Crippen molar-refractivity contribution < 1.29 is 9.59 Å². The van der Waals surface area contributed by atoms with Crippen LogP contribution in [-0.2, 0) is 4.79 Å². The lowest BCUT2D eigenvalue weighted by Crippen LogP contribution is -2.39. The van der Waals surface area contributed by atoms with E-state index in [9.17, 15) is 9.59 Å². The van der Waals surface area contributed by atoms with Gasteiger partial charge in [-0.25, -0.2) is 0 Å². The van der Waals surface area contributed by atoms with E-state index in [4.69, 9.17) is 0 Å². The molecule has 0 fully saturated rings. The third kappa shape index (κ3) is 3.70. The molecule has 0 atom stereocenters. The summed E-state index contributed by atoms with van der Waals surface area (Å²) in [6.07, 6.45) is 1.74. The van der Waals surface area contributed by atoms with Gasteiger partial charge in [0, 0.05) is 29.2 Å². The Balaban J connectivity index is 2.07. The molecule has 2 aromatic rings. The summed E-state index contributed by atoms with van der Waals surface area (Å²) in [6.45, 7) is 5.58. The summed E-state index contributed by atoms with van der Waals surface area (Å²) in [4.78, 5) is 29.0. The largest absolute Gasteiger partial charge is 0.360 e. The number of aromatic amines is 1. The lowest BCUT2D eigenvalue weighted by atomic mass is 10.1. The highest BCUT2D eigenvalue weighted by Gasteiger charge is 2.16. The van der Waals surface area contributed by atoms with Crippen LogP contribution in [0.3, 0.4) is 0 Å². The number of hydrogen-bond donors (Lipinski definition) is 2. The fourth-order valence-electron chi connectivity index (χ4n) is 2.33. The second kappa shape index (κ2) is 7.04. The number of rotatable bonds is 7. The quantitative estimate of drug-likeness (QED) is 0.763. The summed E-state index contributed by atoms with van der Waals surface area (Å²) in [6, 6.07) is 7.72. The van der Waals surface area contributed by atoms with Gasteiger partial charge in [-0.2, -0.15) is 0 Å². The van der Waals surface area contributed by atoms with Crippen LogP contribution in [-0.4, -0.2) is 47.8 Å². The summed E-state index contributed by atoms with van der Waals surface area (Å²) in [5.74, 6) is -0.0234. The number of carbonyl (C=O) groups excluding carboxylic acids is 2. The van der Waals surface area contributed by atoms with Gasteiger partial charge in [0.15, 0.2) is 5.78 Å². The Hall–Kier alpha value is -2.14.